The van der Waals surface area contributed by atoms with Crippen molar-refractivity contribution in [1.29, 1.82) is 0 Å². The maximum Gasteiger partial charge on any atom is 0.248 e. The molecule has 6 nitrogen and oxygen atoms in total. The lowest BCUT2D eigenvalue weighted by Crippen LogP contribution is -2.38. The molecule has 0 spiro atoms. The molecule has 0 aliphatic carbocycles. The van der Waals surface area contributed by atoms with Gasteiger partial charge >= 0.3 is 0 Å². The molecule has 7 heteroatoms. The number of carbonyl (C=O) groups excluding carboxylic acids is 2. The fraction of sp³-hybridized carbons (Fsp3) is 0.391. The van der Waals surface area contributed by atoms with E-state index in [0.29, 0.717) is 5.56 Å². The number of nitrogens with two attached hydrogens (primary N) is 1. The molecule has 158 valence electrons. The first-order valence-electron chi connectivity index (χ1n) is 10.6. The fourth-order valence-corrected chi connectivity index (χ4v) is 5.24. The molecule has 4 rings (SSSR count). The first kappa shape index (κ1) is 20.9. The number of para-hydroxylation sites is 1. The number of carbonyl (C=O) groups is 2. The normalized spacial score (nSPS) is 19.1. The Hall–Kier alpha value is -2.35. The van der Waals surface area contributed by atoms with Crippen LogP contribution in [-0.4, -0.2) is 43.0 Å². The van der Waals surface area contributed by atoms with Crippen LogP contribution in [0.15, 0.2) is 53.4 Å². The topological polar surface area (TPSA) is 78.7 Å². The zero-order chi connectivity index (χ0) is 20.9. The van der Waals surface area contributed by atoms with Crippen molar-refractivity contribution >= 4 is 29.3 Å². The molecule has 3 N–H and O–H groups in total. The Kier molecular flexibility index (Phi) is 6.72. The van der Waals surface area contributed by atoms with Crippen LogP contribution < -0.4 is 16.1 Å². The average Bonchev–Trinajstić information content (AvgIpc) is 3.28. The van der Waals surface area contributed by atoms with Gasteiger partial charge in [0.2, 0.25) is 11.8 Å². The highest BCUT2D eigenvalue weighted by Crippen LogP contribution is 2.46. The minimum Gasteiger partial charge on any atom is -0.366 e. The average molecular weight is 425 g/mol. The maximum absolute atomic E-state index is 13.4. The molecule has 2 aliphatic rings. The van der Waals surface area contributed by atoms with Crippen LogP contribution in [0.1, 0.15) is 46.9 Å². The number of hydrogen-bond acceptors (Lipinski definition) is 5. The van der Waals surface area contributed by atoms with Crippen molar-refractivity contribution in [3.8, 4) is 0 Å². The first-order valence-corrected chi connectivity index (χ1v) is 11.5. The number of rotatable bonds is 8. The monoisotopic (exact) mass is 424 g/mol. The molecule has 0 aromatic heterocycles. The summed E-state index contributed by atoms with van der Waals surface area (Å²) in [7, 11) is 0. The van der Waals surface area contributed by atoms with Crippen molar-refractivity contribution in [3.63, 3.8) is 0 Å². The largest absolute Gasteiger partial charge is 0.366 e. The molecule has 1 saturated heterocycles. The number of nitrogens with one attached hydrogen (secondary N) is 1. The third-order valence-corrected chi connectivity index (χ3v) is 6.95. The quantitative estimate of drug-likeness (QED) is 0.636. The number of benzene rings is 2. The fourth-order valence-electron chi connectivity index (χ4n) is 4.01. The zero-order valence-electron chi connectivity index (χ0n) is 17.0. The number of thioether (sulfide) groups is 1. The molecule has 0 saturated carbocycles. The summed E-state index contributed by atoms with van der Waals surface area (Å²) in [5.41, 5.74) is 11.1. The standard InChI is InChI=1S/C23H28N4O2S/c24-22(28)18-11-9-17(10-12-18)21-23(29)27(19-7-2-3-8-20(19)30-21)16-5-1-4-14-26-15-6-13-25-26/h2-3,7-12,21,25H,1,4-6,13-16H2,(H2,24,28). The Balaban J connectivity index is 1.43. The molecule has 2 aromatic rings. The van der Waals surface area contributed by atoms with Crippen molar-refractivity contribution in [2.45, 2.75) is 35.8 Å². The Labute approximate surface area is 181 Å². The van der Waals surface area contributed by atoms with E-state index >= 15 is 0 Å². The molecule has 0 radical (unpaired) electrons. The highest BCUT2D eigenvalue weighted by Gasteiger charge is 2.34. The number of amides is 2. The molecule has 1 fully saturated rings. The number of primary amides is 1. The molecule has 1 unspecified atom stereocenters. The third-order valence-electron chi connectivity index (χ3n) is 5.64. The second-order valence-electron chi connectivity index (χ2n) is 7.75. The summed E-state index contributed by atoms with van der Waals surface area (Å²) >= 11 is 1.57. The van der Waals surface area contributed by atoms with Gasteiger partial charge in [-0.2, -0.15) is 0 Å². The summed E-state index contributed by atoms with van der Waals surface area (Å²) in [6.07, 6.45) is 4.42. The maximum atomic E-state index is 13.4. The van der Waals surface area contributed by atoms with E-state index in [1.165, 1.54) is 6.42 Å². The predicted molar refractivity (Wildman–Crippen MR) is 120 cm³/mol. The molecule has 2 heterocycles. The molecule has 2 aliphatic heterocycles. The van der Waals surface area contributed by atoms with E-state index in [0.717, 1.165) is 61.6 Å². The Morgan fingerprint density at radius 2 is 1.83 bits per heavy atom. The van der Waals surface area contributed by atoms with Crippen LogP contribution in [0.4, 0.5) is 5.69 Å². The van der Waals surface area contributed by atoms with Gasteiger partial charge in [0, 0.05) is 36.6 Å². The van der Waals surface area contributed by atoms with Crippen molar-refractivity contribution in [2.75, 3.05) is 31.1 Å². The summed E-state index contributed by atoms with van der Waals surface area (Å²) < 4.78 is 0. The lowest BCUT2D eigenvalue weighted by atomic mass is 10.1. The van der Waals surface area contributed by atoms with Gasteiger partial charge in [0.25, 0.3) is 0 Å². The second kappa shape index (κ2) is 9.64. The van der Waals surface area contributed by atoms with E-state index in [1.54, 1.807) is 23.9 Å². The summed E-state index contributed by atoms with van der Waals surface area (Å²) in [6.45, 7) is 4.00. The number of nitrogens with zero attached hydrogens (tertiary/aromatic N) is 2. The summed E-state index contributed by atoms with van der Waals surface area (Å²) in [4.78, 5) is 27.8. The summed E-state index contributed by atoms with van der Waals surface area (Å²) in [5.74, 6) is -0.355. The highest BCUT2D eigenvalue weighted by atomic mass is 32.2. The van der Waals surface area contributed by atoms with Gasteiger partial charge in [-0.15, -0.1) is 11.8 Å². The van der Waals surface area contributed by atoms with Crippen LogP contribution in [-0.2, 0) is 4.79 Å². The molecule has 2 aromatic carbocycles. The van der Waals surface area contributed by atoms with Crippen LogP contribution in [0.5, 0.6) is 0 Å². The molecule has 1 atom stereocenters. The van der Waals surface area contributed by atoms with Gasteiger partial charge < -0.3 is 10.6 Å². The van der Waals surface area contributed by atoms with E-state index in [1.807, 2.05) is 35.2 Å². The Morgan fingerprint density at radius 1 is 1.07 bits per heavy atom. The van der Waals surface area contributed by atoms with Crippen LogP contribution in [0, 0.1) is 0 Å². The van der Waals surface area contributed by atoms with E-state index < -0.39 is 5.91 Å². The van der Waals surface area contributed by atoms with Crippen LogP contribution in [0.3, 0.4) is 0 Å². The van der Waals surface area contributed by atoms with Crippen LogP contribution in [0.2, 0.25) is 0 Å². The molecule has 30 heavy (non-hydrogen) atoms. The van der Waals surface area contributed by atoms with Gasteiger partial charge in [0.05, 0.1) is 5.69 Å². The van der Waals surface area contributed by atoms with Gasteiger partial charge in [0.1, 0.15) is 5.25 Å². The predicted octanol–water partition coefficient (Wildman–Crippen LogP) is 3.35. The zero-order valence-corrected chi connectivity index (χ0v) is 17.9. The third kappa shape index (κ3) is 4.69. The number of hydrazine groups is 1. The van der Waals surface area contributed by atoms with Crippen LogP contribution >= 0.6 is 11.8 Å². The van der Waals surface area contributed by atoms with E-state index in [2.05, 4.69) is 16.5 Å². The summed E-state index contributed by atoms with van der Waals surface area (Å²) in [5, 5.41) is 1.99. The Morgan fingerprint density at radius 3 is 2.57 bits per heavy atom. The van der Waals surface area contributed by atoms with Gasteiger partial charge in [-0.05, 0) is 49.1 Å². The lowest BCUT2D eigenvalue weighted by molar-refractivity contribution is -0.118. The van der Waals surface area contributed by atoms with Gasteiger partial charge in [-0.1, -0.05) is 30.7 Å². The van der Waals surface area contributed by atoms with Gasteiger partial charge in [-0.3, -0.25) is 15.0 Å². The minimum absolute atomic E-state index is 0.103. The van der Waals surface area contributed by atoms with Crippen molar-refractivity contribution < 1.29 is 9.59 Å². The summed E-state index contributed by atoms with van der Waals surface area (Å²) in [6, 6.07) is 15.2. The number of hydrogen-bond donors (Lipinski definition) is 2. The van der Waals surface area contributed by atoms with Crippen molar-refractivity contribution in [1.82, 2.24) is 10.4 Å². The molecular weight excluding hydrogens is 396 g/mol. The molecule has 2 amide bonds. The number of anilines is 1. The number of fused-ring (bicyclic) bond motifs is 1. The van der Waals surface area contributed by atoms with E-state index in [4.69, 9.17) is 5.73 Å². The number of unbranched alkanes of at least 4 members (excludes halogenated alkanes) is 2. The van der Waals surface area contributed by atoms with Gasteiger partial charge in [0.15, 0.2) is 0 Å². The molecule has 0 bridgehead atoms. The van der Waals surface area contributed by atoms with Crippen molar-refractivity contribution in [2.24, 2.45) is 5.73 Å². The van der Waals surface area contributed by atoms with Crippen molar-refractivity contribution in [3.05, 3.63) is 59.7 Å². The van der Waals surface area contributed by atoms with Gasteiger partial charge in [-0.25, -0.2) is 5.01 Å². The minimum atomic E-state index is -0.458. The SMILES string of the molecule is NC(=O)c1ccc(C2Sc3ccccc3N(CCCCCN3CCCN3)C2=O)cc1. The van der Waals surface area contributed by atoms with Crippen LogP contribution in [0.25, 0.3) is 0 Å². The highest BCUT2D eigenvalue weighted by molar-refractivity contribution is 8.00. The Bertz CT molecular complexity index is 896. The smallest absolute Gasteiger partial charge is 0.248 e. The first-order chi connectivity index (χ1) is 14.6. The van der Waals surface area contributed by atoms with E-state index in [9.17, 15) is 9.59 Å². The van der Waals surface area contributed by atoms with E-state index in [-0.39, 0.29) is 11.2 Å². The second-order valence-corrected chi connectivity index (χ2v) is 8.90. The molecular formula is C23H28N4O2S. The lowest BCUT2D eigenvalue weighted by Gasteiger charge is -2.34.